The molecule has 0 atom stereocenters. The van der Waals surface area contributed by atoms with E-state index in [9.17, 15) is 9.18 Å². The summed E-state index contributed by atoms with van der Waals surface area (Å²) in [6, 6.07) is 9.15. The van der Waals surface area contributed by atoms with E-state index in [2.05, 4.69) is 0 Å². The Labute approximate surface area is 126 Å². The Bertz CT molecular complexity index is 726. The third-order valence-corrected chi connectivity index (χ3v) is 3.31. The summed E-state index contributed by atoms with van der Waals surface area (Å²) in [4.78, 5) is 10.7. The fraction of sp³-hybridized carbons (Fsp3) is 0. The first-order valence-electron chi connectivity index (χ1n) is 6.00. The molecule has 0 spiro atoms. The van der Waals surface area contributed by atoms with Crippen molar-refractivity contribution >= 4 is 29.3 Å². The molecule has 0 heterocycles. The first kappa shape index (κ1) is 14.9. The van der Waals surface area contributed by atoms with Crippen LogP contribution in [0.25, 0.3) is 16.8 Å². The van der Waals surface area contributed by atoms with Crippen molar-refractivity contribution in [1.29, 1.82) is 0 Å². The minimum atomic E-state index is -0.504. The lowest BCUT2D eigenvalue weighted by atomic mass is 9.98. The van der Waals surface area contributed by atoms with Gasteiger partial charge in [0, 0.05) is 16.1 Å². The van der Waals surface area contributed by atoms with Gasteiger partial charge in [-0.25, -0.2) is 4.39 Å². The molecule has 0 unspecified atom stereocenters. The van der Waals surface area contributed by atoms with Crippen molar-refractivity contribution in [1.82, 2.24) is 0 Å². The van der Waals surface area contributed by atoms with Crippen molar-refractivity contribution < 1.29 is 9.18 Å². The highest BCUT2D eigenvalue weighted by Gasteiger charge is 2.15. The fourth-order valence-corrected chi connectivity index (χ4v) is 2.08. The van der Waals surface area contributed by atoms with Crippen LogP contribution in [0.1, 0.15) is 5.56 Å². The van der Waals surface area contributed by atoms with E-state index in [1.165, 1.54) is 12.1 Å². The Morgan fingerprint density at radius 3 is 2.29 bits per heavy atom. The van der Waals surface area contributed by atoms with Gasteiger partial charge in [-0.05, 0) is 29.8 Å². The summed E-state index contributed by atoms with van der Waals surface area (Å²) in [5.74, 6) is -0.504. The van der Waals surface area contributed by atoms with Gasteiger partial charge in [-0.1, -0.05) is 23.7 Å². The van der Waals surface area contributed by atoms with E-state index >= 15 is 0 Å². The molecule has 0 amide bonds. The summed E-state index contributed by atoms with van der Waals surface area (Å²) >= 11 is 5.81. The zero-order valence-corrected chi connectivity index (χ0v) is 11.7. The molecule has 0 fully saturated rings. The van der Waals surface area contributed by atoms with E-state index in [1.54, 1.807) is 24.3 Å². The fourth-order valence-electron chi connectivity index (χ4n) is 1.96. The largest absolute Gasteiger partial charge is 0.398 e. The monoisotopic (exact) mass is 305 g/mol. The Hall–Kier alpha value is -2.53. The average molecular weight is 306 g/mol. The molecule has 2 aromatic rings. The number of carbonyl (C=O) groups is 1. The molecule has 0 aromatic heterocycles. The van der Waals surface area contributed by atoms with Crippen LogP contribution in [0.15, 0.2) is 42.1 Å². The van der Waals surface area contributed by atoms with Gasteiger partial charge in [-0.15, -0.1) is 0 Å². The maximum atomic E-state index is 14.1. The predicted molar refractivity (Wildman–Crippen MR) is 82.6 cm³/mol. The normalized spacial score (nSPS) is 11.9. The molecule has 0 saturated heterocycles. The highest BCUT2D eigenvalue weighted by molar-refractivity contribution is 6.30. The first-order chi connectivity index (χ1) is 9.95. The standard InChI is InChI=1S/C15H13ClFN3O/c16-9-3-1-8(2-4-9)13-11(17)6-5-10(15(13)20)14(19)12(18)7-21/h1-7H,18-20H2/b14-12+. The van der Waals surface area contributed by atoms with E-state index in [4.69, 9.17) is 28.8 Å². The third kappa shape index (κ3) is 2.83. The Morgan fingerprint density at radius 1 is 1.10 bits per heavy atom. The number of allylic oxidation sites excluding steroid dienone is 1. The summed E-state index contributed by atoms with van der Waals surface area (Å²) in [5, 5.41) is 0.526. The molecular formula is C15H13ClFN3O. The topological polar surface area (TPSA) is 95.1 Å². The third-order valence-electron chi connectivity index (χ3n) is 3.06. The summed E-state index contributed by atoms with van der Waals surface area (Å²) < 4.78 is 14.1. The second-order valence-electron chi connectivity index (χ2n) is 4.38. The van der Waals surface area contributed by atoms with Gasteiger partial charge in [0.1, 0.15) is 5.82 Å². The molecule has 4 nitrogen and oxygen atoms in total. The lowest BCUT2D eigenvalue weighted by molar-refractivity contribution is -0.104. The Kier molecular flexibility index (Phi) is 4.14. The van der Waals surface area contributed by atoms with Crippen LogP contribution in [0.5, 0.6) is 0 Å². The highest BCUT2D eigenvalue weighted by atomic mass is 35.5. The van der Waals surface area contributed by atoms with Gasteiger partial charge >= 0.3 is 0 Å². The summed E-state index contributed by atoms with van der Waals surface area (Å²) in [6.45, 7) is 0. The van der Waals surface area contributed by atoms with Crippen LogP contribution in [0.4, 0.5) is 10.1 Å². The van der Waals surface area contributed by atoms with Gasteiger partial charge in [-0.3, -0.25) is 4.79 Å². The molecule has 2 aromatic carbocycles. The SMILES string of the molecule is N/C(C=O)=C(/N)c1ccc(F)c(-c2ccc(Cl)cc2)c1N. The number of benzene rings is 2. The highest BCUT2D eigenvalue weighted by Crippen LogP contribution is 2.34. The molecule has 0 saturated carbocycles. The van der Waals surface area contributed by atoms with E-state index in [0.717, 1.165) is 0 Å². The Morgan fingerprint density at radius 2 is 1.71 bits per heavy atom. The van der Waals surface area contributed by atoms with E-state index in [0.29, 0.717) is 22.4 Å². The molecule has 6 heteroatoms. The van der Waals surface area contributed by atoms with Crippen molar-refractivity contribution in [2.24, 2.45) is 11.5 Å². The molecule has 0 aliphatic heterocycles. The van der Waals surface area contributed by atoms with Crippen LogP contribution in [-0.4, -0.2) is 6.29 Å². The molecule has 0 radical (unpaired) electrons. The number of nitrogen functional groups attached to an aromatic ring is 1. The van der Waals surface area contributed by atoms with Gasteiger partial charge in [0.25, 0.3) is 0 Å². The van der Waals surface area contributed by atoms with Crippen LogP contribution in [0.3, 0.4) is 0 Å². The molecule has 0 aliphatic carbocycles. The van der Waals surface area contributed by atoms with Crippen molar-refractivity contribution in [3.63, 3.8) is 0 Å². The number of carbonyl (C=O) groups excluding carboxylic acids is 1. The first-order valence-corrected chi connectivity index (χ1v) is 6.38. The van der Waals surface area contributed by atoms with Crippen molar-refractivity contribution in [3.05, 3.63) is 58.5 Å². The molecular weight excluding hydrogens is 293 g/mol. The molecule has 6 N–H and O–H groups in total. The number of rotatable bonds is 3. The zero-order chi connectivity index (χ0) is 15.6. The number of halogens is 2. The van der Waals surface area contributed by atoms with Crippen molar-refractivity contribution in [2.45, 2.75) is 0 Å². The molecule has 108 valence electrons. The quantitative estimate of drug-likeness (QED) is 0.461. The lowest BCUT2D eigenvalue weighted by Gasteiger charge is -2.13. The zero-order valence-electron chi connectivity index (χ0n) is 10.9. The molecule has 2 rings (SSSR count). The summed E-state index contributed by atoms with van der Waals surface area (Å²) in [5.41, 5.74) is 18.3. The van der Waals surface area contributed by atoms with Gasteiger partial charge in [0.05, 0.1) is 17.1 Å². The minimum Gasteiger partial charge on any atom is -0.398 e. The van der Waals surface area contributed by atoms with Crippen LogP contribution in [0.2, 0.25) is 5.02 Å². The number of anilines is 1. The minimum absolute atomic E-state index is 0.0118. The van der Waals surface area contributed by atoms with E-state index < -0.39 is 5.82 Å². The van der Waals surface area contributed by atoms with Crippen molar-refractivity contribution in [3.8, 4) is 11.1 Å². The average Bonchev–Trinajstić information content (AvgIpc) is 2.48. The summed E-state index contributed by atoms with van der Waals surface area (Å²) in [7, 11) is 0. The second kappa shape index (κ2) is 5.85. The van der Waals surface area contributed by atoms with Crippen LogP contribution in [0, 0.1) is 5.82 Å². The van der Waals surface area contributed by atoms with E-state index in [-0.39, 0.29) is 22.6 Å². The van der Waals surface area contributed by atoms with Gasteiger partial charge < -0.3 is 17.2 Å². The van der Waals surface area contributed by atoms with Crippen LogP contribution < -0.4 is 17.2 Å². The maximum absolute atomic E-state index is 14.1. The maximum Gasteiger partial charge on any atom is 0.167 e. The van der Waals surface area contributed by atoms with Crippen LogP contribution in [-0.2, 0) is 4.79 Å². The van der Waals surface area contributed by atoms with Gasteiger partial charge in [0.15, 0.2) is 6.29 Å². The predicted octanol–water partition coefficient (Wildman–Crippen LogP) is 2.51. The van der Waals surface area contributed by atoms with E-state index in [1.807, 2.05) is 0 Å². The molecule has 0 aliphatic rings. The van der Waals surface area contributed by atoms with Crippen molar-refractivity contribution in [2.75, 3.05) is 5.73 Å². The summed E-state index contributed by atoms with van der Waals surface area (Å²) in [6.07, 6.45) is 0.417. The van der Waals surface area contributed by atoms with Gasteiger partial charge in [0.2, 0.25) is 0 Å². The van der Waals surface area contributed by atoms with Gasteiger partial charge in [-0.2, -0.15) is 0 Å². The number of hydrogen-bond acceptors (Lipinski definition) is 4. The number of hydrogen-bond donors (Lipinski definition) is 3. The van der Waals surface area contributed by atoms with Crippen LogP contribution >= 0.6 is 11.6 Å². The Balaban J connectivity index is 2.68. The molecule has 21 heavy (non-hydrogen) atoms. The second-order valence-corrected chi connectivity index (χ2v) is 4.81. The number of aldehydes is 1. The smallest absolute Gasteiger partial charge is 0.167 e. The number of nitrogens with two attached hydrogens (primary N) is 3. The molecule has 0 bridgehead atoms. The lowest BCUT2D eigenvalue weighted by Crippen LogP contribution is -2.12.